The number of hydrogen-bond donors (Lipinski definition) is 3. The van der Waals surface area contributed by atoms with Crippen molar-refractivity contribution in [2.45, 2.75) is 43.7 Å². The van der Waals surface area contributed by atoms with E-state index in [9.17, 15) is 8.42 Å². The summed E-state index contributed by atoms with van der Waals surface area (Å²) in [6.07, 6.45) is 2.90. The van der Waals surface area contributed by atoms with E-state index in [-0.39, 0.29) is 6.04 Å². The first-order chi connectivity index (χ1) is 10.5. The Morgan fingerprint density at radius 2 is 1.91 bits per heavy atom. The van der Waals surface area contributed by atoms with Crippen LogP contribution in [0.1, 0.15) is 31.7 Å². The van der Waals surface area contributed by atoms with E-state index in [1.807, 2.05) is 12.1 Å². The SMILES string of the molecule is CCCNC(=NC)NCc1ccc(S(=O)(=O)NC2CC2)cc1. The lowest BCUT2D eigenvalue weighted by molar-refractivity contribution is 0.581. The van der Waals surface area contributed by atoms with Gasteiger partial charge in [0.05, 0.1) is 4.90 Å². The van der Waals surface area contributed by atoms with Crippen LogP contribution in [0.3, 0.4) is 0 Å². The van der Waals surface area contributed by atoms with Gasteiger partial charge in [0.25, 0.3) is 0 Å². The van der Waals surface area contributed by atoms with Crippen LogP contribution in [0.25, 0.3) is 0 Å². The lowest BCUT2D eigenvalue weighted by Gasteiger charge is -2.11. The summed E-state index contributed by atoms with van der Waals surface area (Å²) in [5.74, 6) is 0.744. The monoisotopic (exact) mass is 324 g/mol. The number of sulfonamides is 1. The highest BCUT2D eigenvalue weighted by atomic mass is 32.2. The summed E-state index contributed by atoms with van der Waals surface area (Å²) >= 11 is 0. The molecule has 0 aromatic heterocycles. The van der Waals surface area contributed by atoms with Crippen LogP contribution in [0.15, 0.2) is 34.2 Å². The van der Waals surface area contributed by atoms with Gasteiger partial charge in [-0.1, -0.05) is 19.1 Å². The van der Waals surface area contributed by atoms with Gasteiger partial charge in [-0.15, -0.1) is 0 Å². The lowest BCUT2D eigenvalue weighted by Crippen LogP contribution is -2.37. The third kappa shape index (κ3) is 4.99. The number of nitrogens with one attached hydrogen (secondary N) is 3. The zero-order valence-electron chi connectivity index (χ0n) is 13.1. The molecule has 0 bridgehead atoms. The highest BCUT2D eigenvalue weighted by Gasteiger charge is 2.27. The van der Waals surface area contributed by atoms with Gasteiger partial charge in [0, 0.05) is 26.2 Å². The first kappa shape index (κ1) is 16.8. The predicted octanol–water partition coefficient (Wildman–Crippen LogP) is 1.20. The molecule has 0 saturated heterocycles. The van der Waals surface area contributed by atoms with Crippen molar-refractivity contribution in [2.24, 2.45) is 4.99 Å². The molecule has 0 amide bonds. The summed E-state index contributed by atoms with van der Waals surface area (Å²) in [6.45, 7) is 3.55. The molecule has 1 aliphatic carbocycles. The summed E-state index contributed by atoms with van der Waals surface area (Å²) in [5, 5.41) is 6.38. The third-order valence-corrected chi connectivity index (χ3v) is 4.90. The van der Waals surface area contributed by atoms with Crippen LogP contribution in [0.5, 0.6) is 0 Å². The fourth-order valence-corrected chi connectivity index (χ4v) is 3.23. The Morgan fingerprint density at radius 3 is 2.45 bits per heavy atom. The minimum atomic E-state index is -3.37. The normalized spacial score (nSPS) is 15.6. The maximum absolute atomic E-state index is 12.1. The van der Waals surface area contributed by atoms with Gasteiger partial charge in [-0.05, 0) is 37.0 Å². The fourth-order valence-electron chi connectivity index (χ4n) is 1.92. The Bertz CT molecular complexity index is 607. The van der Waals surface area contributed by atoms with Gasteiger partial charge in [-0.2, -0.15) is 0 Å². The van der Waals surface area contributed by atoms with Crippen molar-refractivity contribution in [3.8, 4) is 0 Å². The molecule has 1 aromatic rings. The average Bonchev–Trinajstić information content (AvgIpc) is 3.31. The summed E-state index contributed by atoms with van der Waals surface area (Å²) in [5.41, 5.74) is 1.00. The Kier molecular flexibility index (Phi) is 5.79. The van der Waals surface area contributed by atoms with E-state index in [0.29, 0.717) is 11.4 Å². The molecule has 0 aliphatic heterocycles. The van der Waals surface area contributed by atoms with Crippen LogP contribution in [-0.2, 0) is 16.6 Å². The molecule has 2 rings (SSSR count). The number of benzene rings is 1. The smallest absolute Gasteiger partial charge is 0.240 e. The number of nitrogens with zero attached hydrogens (tertiary/aromatic N) is 1. The van der Waals surface area contributed by atoms with Crippen LogP contribution in [-0.4, -0.2) is 34.0 Å². The fraction of sp³-hybridized carbons (Fsp3) is 0.533. The molecule has 1 fully saturated rings. The van der Waals surface area contributed by atoms with Crippen LogP contribution >= 0.6 is 0 Å². The second-order valence-corrected chi connectivity index (χ2v) is 7.11. The van der Waals surface area contributed by atoms with Crippen molar-refractivity contribution in [3.05, 3.63) is 29.8 Å². The van der Waals surface area contributed by atoms with E-state index >= 15 is 0 Å². The van der Waals surface area contributed by atoms with Gasteiger partial charge < -0.3 is 10.6 Å². The van der Waals surface area contributed by atoms with Crippen molar-refractivity contribution < 1.29 is 8.42 Å². The molecule has 0 spiro atoms. The number of rotatable bonds is 7. The minimum Gasteiger partial charge on any atom is -0.356 e. The van der Waals surface area contributed by atoms with Crippen LogP contribution in [0.4, 0.5) is 0 Å². The van der Waals surface area contributed by atoms with E-state index in [4.69, 9.17) is 0 Å². The van der Waals surface area contributed by atoms with Gasteiger partial charge in [0.2, 0.25) is 10.0 Å². The van der Waals surface area contributed by atoms with Crippen molar-refractivity contribution in [1.29, 1.82) is 0 Å². The maximum atomic E-state index is 12.1. The third-order valence-electron chi connectivity index (χ3n) is 3.36. The summed E-state index contributed by atoms with van der Waals surface area (Å²) in [6, 6.07) is 7.05. The van der Waals surface area contributed by atoms with Crippen molar-refractivity contribution >= 4 is 16.0 Å². The van der Waals surface area contributed by atoms with Crippen molar-refractivity contribution in [1.82, 2.24) is 15.4 Å². The molecule has 7 heteroatoms. The van der Waals surface area contributed by atoms with Crippen molar-refractivity contribution in [2.75, 3.05) is 13.6 Å². The molecule has 22 heavy (non-hydrogen) atoms. The minimum absolute atomic E-state index is 0.124. The van der Waals surface area contributed by atoms with Gasteiger partial charge in [0.15, 0.2) is 5.96 Å². The maximum Gasteiger partial charge on any atom is 0.240 e. The first-order valence-electron chi connectivity index (χ1n) is 7.61. The van der Waals surface area contributed by atoms with Crippen LogP contribution < -0.4 is 15.4 Å². The number of guanidine groups is 1. The Morgan fingerprint density at radius 1 is 1.23 bits per heavy atom. The molecule has 0 unspecified atom stereocenters. The second-order valence-electron chi connectivity index (χ2n) is 5.39. The molecule has 1 aliphatic rings. The molecule has 3 N–H and O–H groups in total. The van der Waals surface area contributed by atoms with Crippen LogP contribution in [0.2, 0.25) is 0 Å². The quantitative estimate of drug-likeness (QED) is 0.520. The molecule has 122 valence electrons. The predicted molar refractivity (Wildman–Crippen MR) is 88.3 cm³/mol. The van der Waals surface area contributed by atoms with Crippen molar-refractivity contribution in [3.63, 3.8) is 0 Å². The molecule has 0 heterocycles. The Labute approximate surface area is 132 Å². The number of aliphatic imine (C=N–C) groups is 1. The lowest BCUT2D eigenvalue weighted by atomic mass is 10.2. The van der Waals surface area contributed by atoms with Gasteiger partial charge in [-0.25, -0.2) is 13.1 Å². The largest absolute Gasteiger partial charge is 0.356 e. The molecule has 6 nitrogen and oxygen atoms in total. The average molecular weight is 324 g/mol. The summed E-state index contributed by atoms with van der Waals surface area (Å²) < 4.78 is 26.8. The van der Waals surface area contributed by atoms with E-state index in [0.717, 1.165) is 37.3 Å². The van der Waals surface area contributed by atoms with Crippen LogP contribution in [0, 0.1) is 0 Å². The van der Waals surface area contributed by atoms with E-state index in [1.165, 1.54) is 0 Å². The molecule has 1 aromatic carbocycles. The molecule has 0 radical (unpaired) electrons. The molecule has 1 saturated carbocycles. The first-order valence-corrected chi connectivity index (χ1v) is 9.09. The van der Waals surface area contributed by atoms with Gasteiger partial charge in [0.1, 0.15) is 0 Å². The highest BCUT2D eigenvalue weighted by molar-refractivity contribution is 7.89. The zero-order valence-corrected chi connectivity index (χ0v) is 13.9. The molecular formula is C15H24N4O2S. The summed E-state index contributed by atoms with van der Waals surface area (Å²) in [7, 11) is -1.64. The topological polar surface area (TPSA) is 82.6 Å². The molecule has 0 atom stereocenters. The number of hydrogen-bond acceptors (Lipinski definition) is 3. The van der Waals surface area contributed by atoms with E-state index in [2.05, 4.69) is 27.3 Å². The highest BCUT2D eigenvalue weighted by Crippen LogP contribution is 2.22. The molecular weight excluding hydrogens is 300 g/mol. The zero-order chi connectivity index (χ0) is 16.0. The van der Waals surface area contributed by atoms with E-state index < -0.39 is 10.0 Å². The Hall–Kier alpha value is -1.60. The van der Waals surface area contributed by atoms with E-state index in [1.54, 1.807) is 19.2 Å². The van der Waals surface area contributed by atoms with Gasteiger partial charge >= 0.3 is 0 Å². The second kappa shape index (κ2) is 7.60. The standard InChI is InChI=1S/C15H24N4O2S/c1-3-10-17-15(16-2)18-11-12-4-8-14(9-5-12)22(20,21)19-13-6-7-13/h4-5,8-9,13,19H,3,6-7,10-11H2,1-2H3,(H2,16,17,18). The summed E-state index contributed by atoms with van der Waals surface area (Å²) in [4.78, 5) is 4.44. The Balaban J connectivity index is 1.91. The van der Waals surface area contributed by atoms with Gasteiger partial charge in [-0.3, -0.25) is 4.99 Å².